The molecule has 0 aliphatic carbocycles. The van der Waals surface area contributed by atoms with Crippen molar-refractivity contribution in [3.8, 4) is 5.75 Å². The van der Waals surface area contributed by atoms with E-state index in [-0.39, 0.29) is 27.7 Å². The molecule has 1 amide bonds. The Morgan fingerprint density at radius 1 is 1.42 bits per heavy atom. The Kier molecular flexibility index (Phi) is 5.99. The highest BCUT2D eigenvalue weighted by molar-refractivity contribution is 7.94. The van der Waals surface area contributed by atoms with Crippen molar-refractivity contribution < 1.29 is 18.3 Å². The molecule has 126 valence electrons. The molecule has 0 radical (unpaired) electrons. The van der Waals surface area contributed by atoms with Crippen LogP contribution in [0.5, 0.6) is 5.75 Å². The number of nitrogens with one attached hydrogen (secondary N) is 1. The second-order valence-electron chi connectivity index (χ2n) is 4.48. The largest absolute Gasteiger partial charge is 0.424 e. The first-order chi connectivity index (χ1) is 11.4. The van der Waals surface area contributed by atoms with Gasteiger partial charge in [0.1, 0.15) is 11.4 Å². The van der Waals surface area contributed by atoms with Gasteiger partial charge in [0, 0.05) is 17.9 Å². The highest BCUT2D eigenvalue weighted by Crippen LogP contribution is 2.33. The summed E-state index contributed by atoms with van der Waals surface area (Å²) < 4.78 is 19.3. The molecule has 0 aliphatic heterocycles. The number of benzene rings is 2. The van der Waals surface area contributed by atoms with Crippen LogP contribution in [0.3, 0.4) is 0 Å². The van der Waals surface area contributed by atoms with Gasteiger partial charge in [-0.2, -0.15) is 0 Å². The van der Waals surface area contributed by atoms with E-state index in [9.17, 15) is 19.3 Å². The van der Waals surface area contributed by atoms with Crippen LogP contribution < -0.4 is 9.50 Å². The van der Waals surface area contributed by atoms with Gasteiger partial charge in [0.15, 0.2) is 5.75 Å². The van der Waals surface area contributed by atoms with Gasteiger partial charge in [-0.15, -0.1) is 0 Å². The summed E-state index contributed by atoms with van der Waals surface area (Å²) in [6.45, 7) is 1.86. The SMILES string of the molecule is CCSOc1cc(NC(=O)c2ccccc2[N+](=O)[O-])c(F)cc1Cl. The van der Waals surface area contributed by atoms with Crippen molar-refractivity contribution in [3.05, 3.63) is 62.9 Å². The average Bonchev–Trinajstić information content (AvgIpc) is 2.56. The Bertz CT molecular complexity index is 788. The summed E-state index contributed by atoms with van der Waals surface area (Å²) in [6.07, 6.45) is 0. The van der Waals surface area contributed by atoms with E-state index in [0.29, 0.717) is 5.75 Å². The number of hydrogen-bond donors (Lipinski definition) is 1. The van der Waals surface area contributed by atoms with E-state index in [0.717, 1.165) is 18.1 Å². The lowest BCUT2D eigenvalue weighted by atomic mass is 10.1. The van der Waals surface area contributed by atoms with Crippen molar-refractivity contribution in [2.45, 2.75) is 6.92 Å². The molecule has 6 nitrogen and oxygen atoms in total. The van der Waals surface area contributed by atoms with Crippen LogP contribution in [0.1, 0.15) is 17.3 Å². The molecule has 1 N–H and O–H groups in total. The fourth-order valence-corrected chi connectivity index (χ4v) is 2.44. The molecule has 0 saturated heterocycles. The molecular weight excluding hydrogens is 359 g/mol. The Morgan fingerprint density at radius 2 is 2.12 bits per heavy atom. The quantitative estimate of drug-likeness (QED) is 0.453. The topological polar surface area (TPSA) is 81.5 Å². The van der Waals surface area contributed by atoms with Crippen LogP contribution in [0, 0.1) is 15.9 Å². The first kappa shape index (κ1) is 18.0. The van der Waals surface area contributed by atoms with Gasteiger partial charge in [0.2, 0.25) is 0 Å². The first-order valence-corrected chi connectivity index (χ1v) is 8.06. The molecule has 0 bridgehead atoms. The van der Waals surface area contributed by atoms with Crippen LogP contribution in [0.4, 0.5) is 15.8 Å². The van der Waals surface area contributed by atoms with Crippen molar-refractivity contribution in [1.82, 2.24) is 0 Å². The van der Waals surface area contributed by atoms with Crippen molar-refractivity contribution in [3.63, 3.8) is 0 Å². The molecule has 2 aromatic carbocycles. The zero-order chi connectivity index (χ0) is 17.7. The molecule has 2 aromatic rings. The Hall–Kier alpha value is -2.32. The van der Waals surface area contributed by atoms with E-state index < -0.39 is 16.6 Å². The number of rotatable bonds is 6. The minimum Gasteiger partial charge on any atom is -0.424 e. The maximum absolute atomic E-state index is 14.0. The van der Waals surface area contributed by atoms with Gasteiger partial charge in [0.05, 0.1) is 27.7 Å². The third-order valence-electron chi connectivity index (χ3n) is 2.88. The summed E-state index contributed by atoms with van der Waals surface area (Å²) >= 11 is 6.98. The van der Waals surface area contributed by atoms with E-state index in [1.165, 1.54) is 30.3 Å². The number of para-hydroxylation sites is 1. The van der Waals surface area contributed by atoms with Gasteiger partial charge in [-0.25, -0.2) is 4.39 Å². The van der Waals surface area contributed by atoms with Crippen LogP contribution in [0.2, 0.25) is 5.02 Å². The first-order valence-electron chi connectivity index (χ1n) is 6.77. The predicted octanol–water partition coefficient (Wildman–Crippen LogP) is 4.69. The number of nitro benzene ring substituents is 1. The van der Waals surface area contributed by atoms with Gasteiger partial charge in [0.25, 0.3) is 11.6 Å². The summed E-state index contributed by atoms with van der Waals surface area (Å²) in [6, 6.07) is 7.62. The number of carbonyl (C=O) groups is 1. The highest BCUT2D eigenvalue weighted by atomic mass is 35.5. The molecule has 2 rings (SSSR count). The highest BCUT2D eigenvalue weighted by Gasteiger charge is 2.21. The monoisotopic (exact) mass is 370 g/mol. The zero-order valence-electron chi connectivity index (χ0n) is 12.4. The maximum Gasteiger partial charge on any atom is 0.282 e. The van der Waals surface area contributed by atoms with Crippen molar-refractivity contribution in [2.24, 2.45) is 0 Å². The summed E-state index contributed by atoms with van der Waals surface area (Å²) in [5.74, 6) is -0.757. The van der Waals surface area contributed by atoms with Gasteiger partial charge in [-0.3, -0.25) is 14.9 Å². The lowest BCUT2D eigenvalue weighted by Crippen LogP contribution is -2.15. The number of nitro groups is 1. The van der Waals surface area contributed by atoms with Crippen LogP contribution in [-0.2, 0) is 0 Å². The summed E-state index contributed by atoms with van der Waals surface area (Å²) in [5.41, 5.74) is -0.737. The average molecular weight is 371 g/mol. The van der Waals surface area contributed by atoms with E-state index >= 15 is 0 Å². The van der Waals surface area contributed by atoms with E-state index in [2.05, 4.69) is 5.32 Å². The summed E-state index contributed by atoms with van der Waals surface area (Å²) in [7, 11) is 0. The molecular formula is C15H12ClFN2O4S. The molecule has 24 heavy (non-hydrogen) atoms. The van der Waals surface area contributed by atoms with Gasteiger partial charge >= 0.3 is 0 Å². The van der Waals surface area contributed by atoms with E-state index in [1.807, 2.05) is 6.92 Å². The molecule has 0 fully saturated rings. The van der Waals surface area contributed by atoms with Crippen molar-refractivity contribution >= 4 is 40.9 Å². The standard InChI is InChI=1S/C15H12ClFN2O4S/c1-2-24-23-14-8-12(11(17)7-10(14)16)18-15(20)9-5-3-4-6-13(9)19(21)22/h3-8H,2H2,1H3,(H,18,20). The lowest BCUT2D eigenvalue weighted by molar-refractivity contribution is -0.385. The van der Waals surface area contributed by atoms with Gasteiger partial charge < -0.3 is 9.50 Å². The number of halogens is 2. The van der Waals surface area contributed by atoms with Crippen LogP contribution in [-0.4, -0.2) is 16.6 Å². The lowest BCUT2D eigenvalue weighted by Gasteiger charge is -2.10. The maximum atomic E-state index is 14.0. The number of anilines is 1. The molecule has 0 spiro atoms. The molecule has 0 aliphatic rings. The fraction of sp³-hybridized carbons (Fsp3) is 0.133. The van der Waals surface area contributed by atoms with Gasteiger partial charge in [-0.05, 0) is 12.1 Å². The minimum atomic E-state index is -0.808. The second-order valence-corrected chi connectivity index (χ2v) is 5.87. The molecule has 0 saturated carbocycles. The Balaban J connectivity index is 2.31. The second kappa shape index (κ2) is 7.98. The molecule has 0 aromatic heterocycles. The number of nitrogens with zero attached hydrogens (tertiary/aromatic N) is 1. The van der Waals surface area contributed by atoms with Gasteiger partial charge in [-0.1, -0.05) is 30.7 Å². The Morgan fingerprint density at radius 3 is 2.79 bits per heavy atom. The van der Waals surface area contributed by atoms with Crippen LogP contribution in [0.15, 0.2) is 36.4 Å². The molecule has 0 atom stereocenters. The normalized spacial score (nSPS) is 10.3. The van der Waals surface area contributed by atoms with E-state index in [1.54, 1.807) is 0 Å². The number of carbonyl (C=O) groups excluding carboxylic acids is 1. The smallest absolute Gasteiger partial charge is 0.282 e. The van der Waals surface area contributed by atoms with Crippen molar-refractivity contribution in [2.75, 3.05) is 11.1 Å². The molecule has 9 heteroatoms. The third-order valence-corrected chi connectivity index (χ3v) is 3.71. The Labute approximate surface area is 146 Å². The third kappa shape index (κ3) is 4.15. The zero-order valence-corrected chi connectivity index (χ0v) is 14.0. The minimum absolute atomic E-state index is 0.0529. The number of hydrogen-bond acceptors (Lipinski definition) is 5. The van der Waals surface area contributed by atoms with Crippen LogP contribution in [0.25, 0.3) is 0 Å². The van der Waals surface area contributed by atoms with Crippen molar-refractivity contribution in [1.29, 1.82) is 0 Å². The summed E-state index contributed by atoms with van der Waals surface area (Å²) in [4.78, 5) is 22.5. The molecule has 0 unspecified atom stereocenters. The van der Waals surface area contributed by atoms with Crippen LogP contribution >= 0.6 is 23.6 Å². The fourth-order valence-electron chi connectivity index (χ4n) is 1.83. The predicted molar refractivity (Wildman–Crippen MR) is 91.2 cm³/mol. The molecule has 0 heterocycles. The summed E-state index contributed by atoms with van der Waals surface area (Å²) in [5, 5.41) is 13.3. The number of amides is 1. The van der Waals surface area contributed by atoms with E-state index in [4.69, 9.17) is 15.8 Å².